The predicted molar refractivity (Wildman–Crippen MR) is 23.3 cm³/mol. The molecule has 0 fully saturated rings. The molecule has 0 atom stereocenters. The van der Waals surface area contributed by atoms with Crippen molar-refractivity contribution >= 4 is 0 Å². The van der Waals surface area contributed by atoms with Gasteiger partial charge < -0.3 is 17.1 Å². The minimum Gasteiger partial charge on any atom is -1.00 e. The van der Waals surface area contributed by atoms with Gasteiger partial charge in [0.15, 0.2) is 0 Å². The molecule has 0 rings (SSSR count). The van der Waals surface area contributed by atoms with E-state index in [1.807, 2.05) is 13.8 Å². The van der Waals surface area contributed by atoms with Gasteiger partial charge in [0.1, 0.15) is 13.2 Å². The van der Waals surface area contributed by atoms with Crippen LogP contribution in [0.5, 0.6) is 0 Å². The van der Waals surface area contributed by atoms with Gasteiger partial charge in [-0.1, -0.05) is 0 Å². The minimum absolute atomic E-state index is 0. The fourth-order valence-corrected chi connectivity index (χ4v) is 0.224. The van der Waals surface area contributed by atoms with Crippen LogP contribution in [0.4, 0.5) is 0 Å². The molecule has 0 amide bonds. The third-order valence-corrected chi connectivity index (χ3v) is 0.447. The van der Waals surface area contributed by atoms with Gasteiger partial charge in [0.25, 0.3) is 0 Å². The van der Waals surface area contributed by atoms with Gasteiger partial charge in [-0.2, -0.15) is 0 Å². The van der Waals surface area contributed by atoms with E-state index in [0.29, 0.717) is 0 Å². The van der Waals surface area contributed by atoms with Crippen LogP contribution in [0.25, 0.3) is 0 Å². The SMILES string of the molecule is CC[OH+]CC.[Cl-]. The fourth-order valence-electron chi connectivity index (χ4n) is 0.224. The Morgan fingerprint density at radius 1 is 1.17 bits per heavy atom. The second-order valence-corrected chi connectivity index (χ2v) is 0.856. The molecule has 6 heavy (non-hydrogen) atoms. The number of aliphatic hydroxyl groups is 2. The molecule has 0 aromatic rings. The molecule has 1 nitrogen and oxygen atoms in total. The summed E-state index contributed by atoms with van der Waals surface area (Å²) in [6.45, 7) is 6.03. The summed E-state index contributed by atoms with van der Waals surface area (Å²) in [5.74, 6) is 0. The van der Waals surface area contributed by atoms with Crippen LogP contribution in [0.1, 0.15) is 13.8 Å². The van der Waals surface area contributed by atoms with Gasteiger partial charge in [0, 0.05) is 13.8 Å². The Hall–Kier alpha value is 0.250. The van der Waals surface area contributed by atoms with Crippen molar-refractivity contribution < 1.29 is 17.1 Å². The molecule has 0 aliphatic heterocycles. The number of hydrogen-bond donors (Lipinski definition) is 0. The number of ether oxygens (including phenoxy) is 1. The van der Waals surface area contributed by atoms with Gasteiger partial charge in [0.05, 0.1) is 0 Å². The van der Waals surface area contributed by atoms with Crippen LogP contribution >= 0.6 is 0 Å². The van der Waals surface area contributed by atoms with Gasteiger partial charge in [0.2, 0.25) is 0 Å². The lowest BCUT2D eigenvalue weighted by Crippen LogP contribution is -3.00. The smallest absolute Gasteiger partial charge is 0.141 e. The summed E-state index contributed by atoms with van der Waals surface area (Å²) in [6.07, 6.45) is 0. The Morgan fingerprint density at radius 2 is 1.50 bits per heavy atom. The van der Waals surface area contributed by atoms with Crippen LogP contribution in [0.3, 0.4) is 0 Å². The molecule has 2 heteroatoms. The topological polar surface area (TPSA) is 12.8 Å². The molecule has 0 aromatic heterocycles. The van der Waals surface area contributed by atoms with Crippen molar-refractivity contribution in [3.63, 3.8) is 0 Å². The summed E-state index contributed by atoms with van der Waals surface area (Å²) in [5, 5.41) is 0. The zero-order chi connectivity index (χ0) is 4.12. The van der Waals surface area contributed by atoms with E-state index in [-0.39, 0.29) is 12.4 Å². The Labute approximate surface area is 45.1 Å². The molecule has 0 radical (unpaired) electrons. The first-order chi connectivity index (χ1) is 2.41. The molecule has 0 aliphatic carbocycles. The molecule has 0 saturated heterocycles. The molecule has 0 aromatic carbocycles. The highest BCUT2D eigenvalue weighted by atomic mass is 35.5. The molecule has 0 saturated carbocycles. The van der Waals surface area contributed by atoms with E-state index in [1.165, 1.54) is 0 Å². The van der Waals surface area contributed by atoms with Crippen LogP contribution in [0.2, 0.25) is 0 Å². The maximum absolute atomic E-state index is 3.97. The van der Waals surface area contributed by atoms with Gasteiger partial charge in [-0.05, 0) is 0 Å². The normalized spacial score (nSPS) is 7.00. The second-order valence-electron chi connectivity index (χ2n) is 0.856. The maximum Gasteiger partial charge on any atom is 0.141 e. The highest BCUT2D eigenvalue weighted by Crippen LogP contribution is 1.57. The van der Waals surface area contributed by atoms with Crippen LogP contribution in [0, 0.1) is 0 Å². The molecule has 0 aliphatic rings. The third kappa shape index (κ3) is 8.87. The van der Waals surface area contributed by atoms with Gasteiger partial charge in [-0.3, -0.25) is 0 Å². The number of halogens is 1. The summed E-state index contributed by atoms with van der Waals surface area (Å²) in [5.41, 5.74) is 0. The van der Waals surface area contributed by atoms with Crippen molar-refractivity contribution in [3.8, 4) is 0 Å². The maximum atomic E-state index is 3.97. The lowest BCUT2D eigenvalue weighted by Gasteiger charge is -1.83. The quantitative estimate of drug-likeness (QED) is 0.351. The molecule has 0 bridgehead atoms. The molecule has 40 valence electrons. The average molecular weight is 111 g/mol. The van der Waals surface area contributed by atoms with E-state index >= 15 is 0 Å². The average Bonchev–Trinajstić information content (AvgIpc) is 1.41. The van der Waals surface area contributed by atoms with E-state index in [0.717, 1.165) is 13.2 Å². The summed E-state index contributed by atoms with van der Waals surface area (Å²) >= 11 is 0. The zero-order valence-electron chi connectivity index (χ0n) is 4.24. The van der Waals surface area contributed by atoms with Crippen molar-refractivity contribution in [1.82, 2.24) is 0 Å². The Balaban J connectivity index is 0. The molecule has 0 spiro atoms. The summed E-state index contributed by atoms with van der Waals surface area (Å²) in [4.78, 5) is 0. The zero-order valence-corrected chi connectivity index (χ0v) is 5.00. The Kier molecular flexibility index (Phi) is 14.3. The van der Waals surface area contributed by atoms with E-state index < -0.39 is 0 Å². The van der Waals surface area contributed by atoms with Crippen molar-refractivity contribution in [2.24, 2.45) is 0 Å². The lowest BCUT2D eigenvalue weighted by molar-refractivity contribution is -0.0178. The summed E-state index contributed by atoms with van der Waals surface area (Å²) < 4.78 is 3.97. The van der Waals surface area contributed by atoms with Crippen molar-refractivity contribution in [3.05, 3.63) is 0 Å². The molecule has 0 unspecified atom stereocenters. The third-order valence-electron chi connectivity index (χ3n) is 0.447. The van der Waals surface area contributed by atoms with E-state index in [4.69, 9.17) is 0 Å². The van der Waals surface area contributed by atoms with Crippen molar-refractivity contribution in [1.29, 1.82) is 0 Å². The second kappa shape index (κ2) is 8.98. The number of rotatable bonds is 2. The van der Waals surface area contributed by atoms with Crippen LogP contribution < -0.4 is 12.4 Å². The van der Waals surface area contributed by atoms with E-state index in [2.05, 4.69) is 4.74 Å². The van der Waals surface area contributed by atoms with E-state index in [9.17, 15) is 0 Å². The van der Waals surface area contributed by atoms with Crippen LogP contribution in [0.15, 0.2) is 0 Å². The lowest BCUT2D eigenvalue weighted by atomic mass is 10.8. The van der Waals surface area contributed by atoms with Crippen molar-refractivity contribution in [2.75, 3.05) is 13.2 Å². The predicted octanol–water partition coefficient (Wildman–Crippen LogP) is -2.44. The van der Waals surface area contributed by atoms with Crippen molar-refractivity contribution in [2.45, 2.75) is 13.8 Å². The van der Waals surface area contributed by atoms with Gasteiger partial charge in [-0.15, -0.1) is 0 Å². The first-order valence-electron chi connectivity index (χ1n) is 2.05. The minimum atomic E-state index is 0. The summed E-state index contributed by atoms with van der Waals surface area (Å²) in [7, 11) is 0. The number of hydrogen-bond acceptors (Lipinski definition) is 0. The summed E-state index contributed by atoms with van der Waals surface area (Å²) in [6, 6.07) is 0. The fraction of sp³-hybridized carbons (Fsp3) is 1.00. The van der Waals surface area contributed by atoms with Gasteiger partial charge >= 0.3 is 0 Å². The Bertz CT molecular complexity index is 15.0. The largest absolute Gasteiger partial charge is 1.00 e. The highest BCUT2D eigenvalue weighted by molar-refractivity contribution is 4.03. The standard InChI is InChI=1S/C4H10O.ClH/c1-3-5-4-2;/h3-4H2,1-2H3;1H. The molecule has 1 N–H and O–H groups in total. The first-order valence-corrected chi connectivity index (χ1v) is 2.05. The molecule has 0 heterocycles. The monoisotopic (exact) mass is 110 g/mol. The highest BCUT2D eigenvalue weighted by Gasteiger charge is 1.68. The van der Waals surface area contributed by atoms with Crippen LogP contribution in [-0.4, -0.2) is 18.0 Å². The molecular formula is C4H11ClO. The van der Waals surface area contributed by atoms with Crippen LogP contribution in [-0.2, 0) is 0 Å². The van der Waals surface area contributed by atoms with E-state index in [1.54, 1.807) is 0 Å². The molecular weight excluding hydrogens is 99.5 g/mol. The van der Waals surface area contributed by atoms with Gasteiger partial charge in [-0.25, -0.2) is 0 Å². The Morgan fingerprint density at radius 3 is 1.50 bits per heavy atom. The first kappa shape index (κ1) is 9.54.